The predicted molar refractivity (Wildman–Crippen MR) is 154 cm³/mol. The first-order valence-electron chi connectivity index (χ1n) is 14.3. The number of morpholine rings is 1. The van der Waals surface area contributed by atoms with Gasteiger partial charge in [-0.05, 0) is 62.5 Å². The number of nitrogens with one attached hydrogen (secondary N) is 1. The largest absolute Gasteiger partial charge is 0.484 e. The molecule has 0 bridgehead atoms. The highest BCUT2D eigenvalue weighted by Crippen LogP contribution is 2.50. The van der Waals surface area contributed by atoms with Crippen molar-refractivity contribution in [1.29, 1.82) is 0 Å². The highest BCUT2D eigenvalue weighted by molar-refractivity contribution is 5.59. The Kier molecular flexibility index (Phi) is 7.42. The Balaban J connectivity index is 1.15. The molecule has 3 fully saturated rings. The summed E-state index contributed by atoms with van der Waals surface area (Å²) >= 11 is 0. The van der Waals surface area contributed by atoms with Crippen LogP contribution in [0.2, 0.25) is 0 Å². The van der Waals surface area contributed by atoms with Crippen molar-refractivity contribution in [2.24, 2.45) is 0 Å². The molecule has 200 valence electrons. The minimum atomic E-state index is -0.0464. The van der Waals surface area contributed by atoms with Crippen molar-refractivity contribution in [2.45, 2.75) is 56.0 Å². The third kappa shape index (κ3) is 5.75. The summed E-state index contributed by atoms with van der Waals surface area (Å²) in [5.41, 5.74) is 3.86. The van der Waals surface area contributed by atoms with Crippen LogP contribution in [0.3, 0.4) is 0 Å². The van der Waals surface area contributed by atoms with Crippen LogP contribution >= 0.6 is 0 Å². The molecule has 1 atom stereocenters. The number of nitrogens with zero attached hydrogens (tertiary/aromatic N) is 2. The second kappa shape index (κ2) is 11.1. The molecule has 38 heavy (non-hydrogen) atoms. The van der Waals surface area contributed by atoms with Crippen molar-refractivity contribution in [1.82, 2.24) is 10.2 Å². The second-order valence-corrected chi connectivity index (χ2v) is 11.5. The lowest BCUT2D eigenvalue weighted by atomic mass is 9.87. The lowest BCUT2D eigenvalue weighted by molar-refractivity contribution is -0.179. The highest BCUT2D eigenvalue weighted by Gasteiger charge is 2.55. The predicted octanol–water partition coefficient (Wildman–Crippen LogP) is 5.82. The van der Waals surface area contributed by atoms with Gasteiger partial charge in [0.25, 0.3) is 0 Å². The molecule has 3 aromatic rings. The normalized spacial score (nSPS) is 20.9. The summed E-state index contributed by atoms with van der Waals surface area (Å²) in [6.45, 7) is 5.99. The van der Waals surface area contributed by atoms with Gasteiger partial charge in [-0.15, -0.1) is 0 Å². The molecule has 5 nitrogen and oxygen atoms in total. The fourth-order valence-corrected chi connectivity index (χ4v) is 6.37. The number of ether oxygens (including phenoxy) is 2. The van der Waals surface area contributed by atoms with Crippen molar-refractivity contribution in [3.63, 3.8) is 0 Å². The topological polar surface area (TPSA) is 37.0 Å². The van der Waals surface area contributed by atoms with Crippen LogP contribution in [0.15, 0.2) is 84.9 Å². The quantitative estimate of drug-likeness (QED) is 0.392. The van der Waals surface area contributed by atoms with Crippen LogP contribution in [0.4, 0.5) is 5.69 Å². The van der Waals surface area contributed by atoms with E-state index in [-0.39, 0.29) is 17.3 Å². The molecule has 2 aliphatic heterocycles. The van der Waals surface area contributed by atoms with E-state index in [1.165, 1.54) is 29.7 Å². The average molecular weight is 512 g/mol. The van der Waals surface area contributed by atoms with E-state index < -0.39 is 0 Å². The first-order valence-corrected chi connectivity index (χ1v) is 14.3. The Morgan fingerprint density at radius 2 is 1.45 bits per heavy atom. The SMILES string of the molecule is CNCCC(Oc1ccccc1N1CCC2(CC1)CN(Cc1ccccc1)CC1(CC1)O2)c1ccccc1. The molecule has 2 heterocycles. The number of para-hydroxylation sites is 2. The molecule has 5 heteroatoms. The number of benzene rings is 3. The minimum Gasteiger partial charge on any atom is -0.484 e. The summed E-state index contributed by atoms with van der Waals surface area (Å²) < 4.78 is 13.7. The molecule has 1 unspecified atom stereocenters. The van der Waals surface area contributed by atoms with Crippen LogP contribution in [0, 0.1) is 0 Å². The van der Waals surface area contributed by atoms with Crippen LogP contribution in [0.5, 0.6) is 5.75 Å². The summed E-state index contributed by atoms with van der Waals surface area (Å²) in [5, 5.41) is 3.29. The zero-order chi connectivity index (χ0) is 25.8. The highest BCUT2D eigenvalue weighted by atomic mass is 16.5. The van der Waals surface area contributed by atoms with Crippen LogP contribution in [0.1, 0.15) is 49.3 Å². The Labute approximate surface area is 227 Å². The fraction of sp³-hybridized carbons (Fsp3) is 0.455. The van der Waals surface area contributed by atoms with E-state index in [1.54, 1.807) is 0 Å². The fourth-order valence-electron chi connectivity index (χ4n) is 6.37. The molecule has 3 aromatic carbocycles. The maximum absolute atomic E-state index is 6.96. The number of anilines is 1. The lowest BCUT2D eigenvalue weighted by Gasteiger charge is -2.51. The smallest absolute Gasteiger partial charge is 0.143 e. The lowest BCUT2D eigenvalue weighted by Crippen LogP contribution is -2.60. The summed E-state index contributed by atoms with van der Waals surface area (Å²) in [5.74, 6) is 0.974. The van der Waals surface area contributed by atoms with Crippen LogP contribution < -0.4 is 15.0 Å². The first kappa shape index (κ1) is 25.4. The monoisotopic (exact) mass is 511 g/mol. The number of hydrogen-bond donors (Lipinski definition) is 1. The zero-order valence-electron chi connectivity index (χ0n) is 22.6. The third-order valence-corrected chi connectivity index (χ3v) is 8.49. The van der Waals surface area contributed by atoms with E-state index in [0.29, 0.717) is 0 Å². The van der Waals surface area contributed by atoms with Crippen LogP contribution in [-0.2, 0) is 11.3 Å². The summed E-state index contributed by atoms with van der Waals surface area (Å²) in [6.07, 6.45) is 5.45. The maximum atomic E-state index is 6.96. The molecule has 3 aliphatic rings. The molecule has 2 spiro atoms. The molecular weight excluding hydrogens is 470 g/mol. The van der Waals surface area contributed by atoms with Gasteiger partial charge >= 0.3 is 0 Å². The summed E-state index contributed by atoms with van der Waals surface area (Å²) in [4.78, 5) is 5.17. The molecule has 0 amide bonds. The van der Waals surface area contributed by atoms with Gasteiger partial charge in [0.05, 0.1) is 16.9 Å². The van der Waals surface area contributed by atoms with Gasteiger partial charge in [0.15, 0.2) is 0 Å². The van der Waals surface area contributed by atoms with Gasteiger partial charge in [0.2, 0.25) is 0 Å². The number of hydrogen-bond acceptors (Lipinski definition) is 5. The summed E-state index contributed by atoms with van der Waals surface area (Å²) in [6, 6.07) is 30.1. The molecular formula is C33H41N3O2. The molecule has 6 rings (SSSR count). The molecule has 0 radical (unpaired) electrons. The number of piperidine rings is 1. The number of rotatable bonds is 9. The van der Waals surface area contributed by atoms with E-state index in [0.717, 1.165) is 64.3 Å². The Morgan fingerprint density at radius 3 is 2.13 bits per heavy atom. The van der Waals surface area contributed by atoms with Crippen molar-refractivity contribution in [3.8, 4) is 5.75 Å². The third-order valence-electron chi connectivity index (χ3n) is 8.49. The van der Waals surface area contributed by atoms with Gasteiger partial charge in [-0.2, -0.15) is 0 Å². The van der Waals surface area contributed by atoms with Gasteiger partial charge < -0.3 is 19.7 Å². The van der Waals surface area contributed by atoms with Gasteiger partial charge in [-0.25, -0.2) is 0 Å². The van der Waals surface area contributed by atoms with Crippen molar-refractivity contribution >= 4 is 5.69 Å². The maximum Gasteiger partial charge on any atom is 0.143 e. The van der Waals surface area contributed by atoms with Crippen LogP contribution in [-0.4, -0.2) is 55.9 Å². The van der Waals surface area contributed by atoms with E-state index in [1.807, 2.05) is 7.05 Å². The Morgan fingerprint density at radius 1 is 0.816 bits per heavy atom. The Hall–Kier alpha value is -2.86. The molecule has 1 aliphatic carbocycles. The van der Waals surface area contributed by atoms with Gasteiger partial charge in [0, 0.05) is 39.1 Å². The van der Waals surface area contributed by atoms with Crippen molar-refractivity contribution < 1.29 is 9.47 Å². The second-order valence-electron chi connectivity index (χ2n) is 11.5. The van der Waals surface area contributed by atoms with Crippen LogP contribution in [0.25, 0.3) is 0 Å². The standard InChI is InChI=1S/C33H41N3O2/c1-34-21-16-30(28-12-6-3-7-13-28)37-31-15-9-8-14-29(31)36-22-19-33(20-23-36)26-35(25-32(38-33)17-18-32)24-27-10-4-2-5-11-27/h2-15,30,34H,16-26H2,1H3. The minimum absolute atomic E-state index is 0.0175. The van der Waals surface area contributed by atoms with Gasteiger partial charge in [-0.1, -0.05) is 72.8 Å². The van der Waals surface area contributed by atoms with Gasteiger partial charge in [0.1, 0.15) is 11.9 Å². The molecule has 0 aromatic heterocycles. The van der Waals surface area contributed by atoms with E-state index in [2.05, 4.69) is 100 Å². The zero-order valence-corrected chi connectivity index (χ0v) is 22.6. The summed E-state index contributed by atoms with van der Waals surface area (Å²) in [7, 11) is 2.00. The van der Waals surface area contributed by atoms with Crippen molar-refractivity contribution in [2.75, 3.05) is 44.7 Å². The molecule has 1 saturated carbocycles. The molecule has 1 N–H and O–H groups in total. The van der Waals surface area contributed by atoms with E-state index >= 15 is 0 Å². The van der Waals surface area contributed by atoms with Gasteiger partial charge in [-0.3, -0.25) is 4.90 Å². The Bertz CT molecular complexity index is 1170. The first-order chi connectivity index (χ1) is 18.7. The average Bonchev–Trinajstić information content (AvgIpc) is 3.69. The van der Waals surface area contributed by atoms with E-state index in [4.69, 9.17) is 9.47 Å². The van der Waals surface area contributed by atoms with E-state index in [9.17, 15) is 0 Å². The molecule has 2 saturated heterocycles. The van der Waals surface area contributed by atoms with Crippen molar-refractivity contribution in [3.05, 3.63) is 96.1 Å².